The molecule has 7 heteroatoms. The fourth-order valence-electron chi connectivity index (χ4n) is 2.52. The Morgan fingerprint density at radius 3 is 2.86 bits per heavy atom. The van der Waals surface area contributed by atoms with E-state index in [9.17, 15) is 12.8 Å². The third kappa shape index (κ3) is 3.23. The Labute approximate surface area is 124 Å². The predicted octanol–water partition coefficient (Wildman–Crippen LogP) is 1.46. The molecule has 1 aromatic carbocycles. The van der Waals surface area contributed by atoms with Gasteiger partial charge >= 0.3 is 0 Å². The maximum Gasteiger partial charge on any atom is 0.244 e. The van der Waals surface area contributed by atoms with E-state index < -0.39 is 21.4 Å². The molecule has 0 radical (unpaired) electrons. The minimum Gasteiger partial charge on any atom is -0.313 e. The fourth-order valence-corrected chi connectivity index (χ4v) is 4.17. The number of likely N-dealkylation sites (N-methyl/N-ethyl adjacent to an activating group) is 1. The van der Waals surface area contributed by atoms with Gasteiger partial charge in [0.15, 0.2) is 0 Å². The Bertz CT molecular complexity index is 649. The molecule has 1 saturated heterocycles. The lowest BCUT2D eigenvalue weighted by Gasteiger charge is -2.24. The summed E-state index contributed by atoms with van der Waals surface area (Å²) in [4.78, 5) is -0.259. The highest BCUT2D eigenvalue weighted by Gasteiger charge is 2.30. The van der Waals surface area contributed by atoms with Gasteiger partial charge in [-0.1, -0.05) is 13.0 Å². The van der Waals surface area contributed by atoms with Crippen molar-refractivity contribution in [1.29, 1.82) is 5.26 Å². The number of hydrogen-bond acceptors (Lipinski definition) is 4. The van der Waals surface area contributed by atoms with E-state index in [1.165, 1.54) is 16.4 Å². The maximum atomic E-state index is 13.6. The first-order valence-electron chi connectivity index (χ1n) is 6.92. The third-order valence-electron chi connectivity index (χ3n) is 3.64. The summed E-state index contributed by atoms with van der Waals surface area (Å²) in [7, 11) is -3.87. The molecule has 1 aliphatic rings. The van der Waals surface area contributed by atoms with Crippen molar-refractivity contribution in [3.8, 4) is 6.07 Å². The maximum absolute atomic E-state index is 13.6. The number of nitriles is 1. The summed E-state index contributed by atoms with van der Waals surface area (Å²) < 4.78 is 40.3. The van der Waals surface area contributed by atoms with Gasteiger partial charge in [0, 0.05) is 19.1 Å². The van der Waals surface area contributed by atoms with Crippen molar-refractivity contribution in [2.45, 2.75) is 30.7 Å². The number of rotatable bonds is 5. The average Bonchev–Trinajstić information content (AvgIpc) is 2.97. The summed E-state index contributed by atoms with van der Waals surface area (Å²) in [5, 5.41) is 12.3. The standard InChI is InChI=1S/C14H18FN3O2S/c1-2-18(10-11-5-4-8-17-11)21(19,20)14-7-3-6-13(15)12(14)9-16/h3,6-7,11,17H,2,4-5,8,10H2,1H3. The van der Waals surface area contributed by atoms with Crippen molar-refractivity contribution in [3.05, 3.63) is 29.6 Å². The third-order valence-corrected chi connectivity index (χ3v) is 5.63. The van der Waals surface area contributed by atoms with Crippen LogP contribution >= 0.6 is 0 Å². The zero-order valence-corrected chi connectivity index (χ0v) is 12.7. The number of halogens is 1. The smallest absolute Gasteiger partial charge is 0.244 e. The van der Waals surface area contributed by atoms with Crippen LogP contribution in [0.1, 0.15) is 25.3 Å². The van der Waals surface area contributed by atoms with Crippen LogP contribution < -0.4 is 5.32 Å². The van der Waals surface area contributed by atoms with E-state index in [1.807, 2.05) is 0 Å². The molecule has 0 spiro atoms. The van der Waals surface area contributed by atoms with Gasteiger partial charge in [-0.15, -0.1) is 0 Å². The predicted molar refractivity (Wildman–Crippen MR) is 76.6 cm³/mol. The molecule has 21 heavy (non-hydrogen) atoms. The van der Waals surface area contributed by atoms with Gasteiger partial charge in [0.25, 0.3) is 0 Å². The van der Waals surface area contributed by atoms with E-state index in [-0.39, 0.29) is 17.5 Å². The molecule has 0 saturated carbocycles. The molecule has 1 N–H and O–H groups in total. The highest BCUT2D eigenvalue weighted by atomic mass is 32.2. The quantitative estimate of drug-likeness (QED) is 0.893. The number of sulfonamides is 1. The van der Waals surface area contributed by atoms with Crippen LogP contribution in [-0.2, 0) is 10.0 Å². The molecule has 0 aromatic heterocycles. The summed E-state index contributed by atoms with van der Waals surface area (Å²) in [5.41, 5.74) is -0.421. The molecule has 1 fully saturated rings. The van der Waals surface area contributed by atoms with Crippen LogP contribution in [0.25, 0.3) is 0 Å². The van der Waals surface area contributed by atoms with Gasteiger partial charge in [-0.05, 0) is 31.5 Å². The summed E-state index contributed by atoms with van der Waals surface area (Å²) in [6, 6.07) is 5.44. The first-order valence-corrected chi connectivity index (χ1v) is 8.36. The molecule has 114 valence electrons. The van der Waals surface area contributed by atoms with E-state index in [4.69, 9.17) is 5.26 Å². The Hall–Kier alpha value is -1.49. The Balaban J connectivity index is 2.35. The van der Waals surface area contributed by atoms with E-state index in [0.29, 0.717) is 6.54 Å². The monoisotopic (exact) mass is 311 g/mol. The van der Waals surface area contributed by atoms with Crippen LogP contribution in [0.3, 0.4) is 0 Å². The largest absolute Gasteiger partial charge is 0.313 e. The molecule has 1 unspecified atom stereocenters. The minimum absolute atomic E-state index is 0.110. The SMILES string of the molecule is CCN(CC1CCCN1)S(=O)(=O)c1cccc(F)c1C#N. The summed E-state index contributed by atoms with van der Waals surface area (Å²) in [6.45, 7) is 3.23. The zero-order chi connectivity index (χ0) is 15.5. The second-order valence-corrected chi connectivity index (χ2v) is 6.88. The van der Waals surface area contributed by atoms with Gasteiger partial charge in [0.1, 0.15) is 22.3 Å². The van der Waals surface area contributed by atoms with Crippen molar-refractivity contribution in [3.63, 3.8) is 0 Å². The first-order chi connectivity index (χ1) is 10.0. The molecule has 1 aromatic rings. The lowest BCUT2D eigenvalue weighted by molar-refractivity contribution is 0.382. The lowest BCUT2D eigenvalue weighted by Crippen LogP contribution is -2.41. The topological polar surface area (TPSA) is 73.2 Å². The number of hydrogen-bond donors (Lipinski definition) is 1. The molecular weight excluding hydrogens is 293 g/mol. The second-order valence-electron chi connectivity index (χ2n) is 4.97. The Kier molecular flexibility index (Phi) is 4.93. The second kappa shape index (κ2) is 6.52. The van der Waals surface area contributed by atoms with E-state index in [2.05, 4.69) is 5.32 Å². The van der Waals surface area contributed by atoms with Crippen LogP contribution in [-0.4, -0.2) is 38.4 Å². The highest BCUT2D eigenvalue weighted by molar-refractivity contribution is 7.89. The summed E-state index contributed by atoms with van der Waals surface area (Å²) in [6.07, 6.45) is 1.94. The summed E-state index contributed by atoms with van der Waals surface area (Å²) in [5.74, 6) is -0.811. The number of benzene rings is 1. The number of nitrogens with zero attached hydrogens (tertiary/aromatic N) is 2. The van der Waals surface area contributed by atoms with Gasteiger partial charge in [-0.3, -0.25) is 0 Å². The van der Waals surface area contributed by atoms with Crippen LogP contribution in [0.4, 0.5) is 4.39 Å². The van der Waals surface area contributed by atoms with Crippen LogP contribution in [0.15, 0.2) is 23.1 Å². The Morgan fingerprint density at radius 2 is 2.29 bits per heavy atom. The van der Waals surface area contributed by atoms with Gasteiger partial charge in [0.05, 0.1) is 0 Å². The Morgan fingerprint density at radius 1 is 1.52 bits per heavy atom. The zero-order valence-electron chi connectivity index (χ0n) is 11.8. The minimum atomic E-state index is -3.87. The average molecular weight is 311 g/mol. The molecule has 0 amide bonds. The van der Waals surface area contributed by atoms with Crippen molar-refractivity contribution < 1.29 is 12.8 Å². The van der Waals surface area contributed by atoms with Crippen molar-refractivity contribution >= 4 is 10.0 Å². The molecular formula is C14H18FN3O2S. The molecule has 0 bridgehead atoms. The van der Waals surface area contributed by atoms with Crippen molar-refractivity contribution in [2.75, 3.05) is 19.6 Å². The molecule has 1 atom stereocenters. The molecule has 1 heterocycles. The van der Waals surface area contributed by atoms with E-state index in [0.717, 1.165) is 25.5 Å². The van der Waals surface area contributed by atoms with Gasteiger partial charge < -0.3 is 5.32 Å². The van der Waals surface area contributed by atoms with Crippen molar-refractivity contribution in [2.24, 2.45) is 0 Å². The van der Waals surface area contributed by atoms with Gasteiger partial charge in [0.2, 0.25) is 10.0 Å². The molecule has 1 aliphatic heterocycles. The lowest BCUT2D eigenvalue weighted by atomic mass is 10.2. The van der Waals surface area contributed by atoms with Crippen LogP contribution in [0.2, 0.25) is 0 Å². The molecule has 2 rings (SSSR count). The number of nitrogens with one attached hydrogen (secondary N) is 1. The van der Waals surface area contributed by atoms with Crippen LogP contribution in [0, 0.1) is 17.1 Å². The molecule has 0 aliphatic carbocycles. The molecule has 5 nitrogen and oxygen atoms in total. The van der Waals surface area contributed by atoms with Crippen molar-refractivity contribution in [1.82, 2.24) is 9.62 Å². The first kappa shape index (κ1) is 15.9. The summed E-state index contributed by atoms with van der Waals surface area (Å²) >= 11 is 0. The van der Waals surface area contributed by atoms with Gasteiger partial charge in [-0.2, -0.15) is 9.57 Å². The highest BCUT2D eigenvalue weighted by Crippen LogP contribution is 2.23. The fraction of sp³-hybridized carbons (Fsp3) is 0.500. The normalized spacial score (nSPS) is 18.9. The van der Waals surface area contributed by atoms with Crippen LogP contribution in [0.5, 0.6) is 0 Å². The van der Waals surface area contributed by atoms with E-state index in [1.54, 1.807) is 13.0 Å². The van der Waals surface area contributed by atoms with E-state index >= 15 is 0 Å². The van der Waals surface area contributed by atoms with Gasteiger partial charge in [-0.25, -0.2) is 12.8 Å².